The predicted octanol–water partition coefficient (Wildman–Crippen LogP) is 1.24. The molecule has 1 aliphatic heterocycles. The molecule has 2 heterocycles. The maximum atomic E-state index is 12.7. The number of benzene rings is 1. The molecule has 0 saturated carbocycles. The van der Waals surface area contributed by atoms with E-state index in [4.69, 9.17) is 0 Å². The van der Waals surface area contributed by atoms with Crippen molar-refractivity contribution in [3.8, 4) is 0 Å². The number of hydrogen-bond acceptors (Lipinski definition) is 4. The minimum atomic E-state index is -0.110. The zero-order valence-corrected chi connectivity index (χ0v) is 12.3. The highest BCUT2D eigenvalue weighted by Gasteiger charge is 2.32. The SMILES string of the molecule is Cc1nc(C(=O)N2CCN(C)CC2c2ccccc2)n[nH]1. The summed E-state index contributed by atoms with van der Waals surface area (Å²) in [5.74, 6) is 0.794. The van der Waals surface area contributed by atoms with Crippen LogP contribution in [0.15, 0.2) is 30.3 Å². The summed E-state index contributed by atoms with van der Waals surface area (Å²) >= 11 is 0. The first-order valence-corrected chi connectivity index (χ1v) is 7.08. The Morgan fingerprint density at radius 2 is 2.05 bits per heavy atom. The van der Waals surface area contributed by atoms with Crippen molar-refractivity contribution in [2.45, 2.75) is 13.0 Å². The molecule has 3 rings (SSSR count). The van der Waals surface area contributed by atoms with Gasteiger partial charge in [-0.1, -0.05) is 30.3 Å². The molecule has 1 atom stereocenters. The third-order valence-corrected chi connectivity index (χ3v) is 3.82. The molecule has 0 bridgehead atoms. The highest BCUT2D eigenvalue weighted by Crippen LogP contribution is 2.25. The van der Waals surface area contributed by atoms with E-state index in [2.05, 4.69) is 39.3 Å². The lowest BCUT2D eigenvalue weighted by Gasteiger charge is -2.39. The number of aromatic nitrogens is 3. The van der Waals surface area contributed by atoms with E-state index in [1.165, 1.54) is 0 Å². The zero-order valence-electron chi connectivity index (χ0n) is 12.3. The number of H-pyrrole nitrogens is 1. The van der Waals surface area contributed by atoms with Crippen LogP contribution in [0.3, 0.4) is 0 Å². The van der Waals surface area contributed by atoms with Crippen molar-refractivity contribution in [3.63, 3.8) is 0 Å². The van der Waals surface area contributed by atoms with Crippen molar-refractivity contribution in [1.29, 1.82) is 0 Å². The molecule has 1 aliphatic rings. The summed E-state index contributed by atoms with van der Waals surface area (Å²) in [6, 6.07) is 10.2. The molecular formula is C15H19N5O. The Morgan fingerprint density at radius 3 is 2.71 bits per heavy atom. The largest absolute Gasteiger partial charge is 0.326 e. The van der Waals surface area contributed by atoms with Crippen molar-refractivity contribution < 1.29 is 4.79 Å². The van der Waals surface area contributed by atoms with E-state index in [0.29, 0.717) is 12.4 Å². The quantitative estimate of drug-likeness (QED) is 0.901. The van der Waals surface area contributed by atoms with Gasteiger partial charge in [-0.15, -0.1) is 5.10 Å². The first-order valence-electron chi connectivity index (χ1n) is 7.08. The number of nitrogens with zero attached hydrogens (tertiary/aromatic N) is 4. The molecule has 2 aromatic rings. The summed E-state index contributed by atoms with van der Waals surface area (Å²) < 4.78 is 0. The third kappa shape index (κ3) is 2.80. The standard InChI is InChI=1S/C15H19N5O/c1-11-16-14(18-17-11)15(21)20-9-8-19(2)10-13(20)12-6-4-3-5-7-12/h3-7,13H,8-10H2,1-2H3,(H,16,17,18). The summed E-state index contributed by atoms with van der Waals surface area (Å²) in [7, 11) is 2.08. The predicted molar refractivity (Wildman–Crippen MR) is 78.8 cm³/mol. The van der Waals surface area contributed by atoms with Gasteiger partial charge in [0.05, 0.1) is 6.04 Å². The van der Waals surface area contributed by atoms with Gasteiger partial charge < -0.3 is 9.80 Å². The Bertz CT molecular complexity index is 624. The molecule has 1 saturated heterocycles. The number of rotatable bonds is 2. The second-order valence-electron chi connectivity index (χ2n) is 5.43. The number of likely N-dealkylation sites (N-methyl/N-ethyl adjacent to an activating group) is 1. The lowest BCUT2D eigenvalue weighted by atomic mass is 10.0. The van der Waals surface area contributed by atoms with E-state index in [-0.39, 0.29) is 17.8 Å². The zero-order chi connectivity index (χ0) is 14.8. The number of aryl methyl sites for hydroxylation is 1. The number of piperazine rings is 1. The minimum Gasteiger partial charge on any atom is -0.326 e. The number of hydrogen-bond donors (Lipinski definition) is 1. The fraction of sp³-hybridized carbons (Fsp3) is 0.400. The van der Waals surface area contributed by atoms with E-state index in [1.54, 1.807) is 6.92 Å². The average Bonchev–Trinajstić information content (AvgIpc) is 2.94. The average molecular weight is 285 g/mol. The molecule has 1 fully saturated rings. The third-order valence-electron chi connectivity index (χ3n) is 3.82. The molecule has 1 N–H and O–H groups in total. The van der Waals surface area contributed by atoms with Gasteiger partial charge in [0.25, 0.3) is 5.91 Å². The molecule has 21 heavy (non-hydrogen) atoms. The molecule has 1 aromatic heterocycles. The molecule has 0 aliphatic carbocycles. The Morgan fingerprint density at radius 1 is 1.29 bits per heavy atom. The van der Waals surface area contributed by atoms with Crippen LogP contribution in [0, 0.1) is 6.92 Å². The first-order chi connectivity index (χ1) is 10.1. The highest BCUT2D eigenvalue weighted by molar-refractivity contribution is 5.90. The van der Waals surface area contributed by atoms with Gasteiger partial charge in [-0.05, 0) is 19.5 Å². The van der Waals surface area contributed by atoms with Crippen LogP contribution in [0.5, 0.6) is 0 Å². The summed E-state index contributed by atoms with van der Waals surface area (Å²) in [4.78, 5) is 20.9. The van der Waals surface area contributed by atoms with Gasteiger partial charge in [0.1, 0.15) is 5.82 Å². The summed E-state index contributed by atoms with van der Waals surface area (Å²) in [5, 5.41) is 6.73. The molecule has 1 unspecified atom stereocenters. The van der Waals surface area contributed by atoms with Crippen LogP contribution in [0.4, 0.5) is 0 Å². The first kappa shape index (κ1) is 13.8. The van der Waals surface area contributed by atoms with Crippen molar-refractivity contribution in [2.24, 2.45) is 0 Å². The van der Waals surface area contributed by atoms with Gasteiger partial charge in [-0.25, -0.2) is 4.98 Å². The topological polar surface area (TPSA) is 65.1 Å². The monoisotopic (exact) mass is 285 g/mol. The molecular weight excluding hydrogens is 266 g/mol. The van der Waals surface area contributed by atoms with E-state index in [0.717, 1.165) is 18.7 Å². The lowest BCUT2D eigenvalue weighted by molar-refractivity contribution is 0.0486. The fourth-order valence-corrected chi connectivity index (χ4v) is 2.69. The maximum absolute atomic E-state index is 12.7. The van der Waals surface area contributed by atoms with Gasteiger partial charge in [0.2, 0.25) is 5.82 Å². The van der Waals surface area contributed by atoms with Gasteiger partial charge in [-0.3, -0.25) is 9.89 Å². The van der Waals surface area contributed by atoms with Gasteiger partial charge >= 0.3 is 0 Å². The fourth-order valence-electron chi connectivity index (χ4n) is 2.69. The van der Waals surface area contributed by atoms with Crippen molar-refractivity contribution in [2.75, 3.05) is 26.7 Å². The minimum absolute atomic E-state index is 0.0382. The van der Waals surface area contributed by atoms with Gasteiger partial charge in [-0.2, -0.15) is 0 Å². The summed E-state index contributed by atoms with van der Waals surface area (Å²) in [5.41, 5.74) is 1.14. The molecule has 6 heteroatoms. The van der Waals surface area contributed by atoms with Gasteiger partial charge in [0, 0.05) is 19.6 Å². The smallest absolute Gasteiger partial charge is 0.294 e. The van der Waals surface area contributed by atoms with E-state index in [1.807, 2.05) is 23.1 Å². The normalized spacial score (nSPS) is 19.7. The second-order valence-corrected chi connectivity index (χ2v) is 5.43. The molecule has 0 spiro atoms. The van der Waals surface area contributed by atoms with Crippen LogP contribution >= 0.6 is 0 Å². The van der Waals surface area contributed by atoms with Crippen molar-refractivity contribution in [1.82, 2.24) is 25.0 Å². The van der Waals surface area contributed by atoms with Crippen LogP contribution in [0.1, 0.15) is 28.0 Å². The van der Waals surface area contributed by atoms with Gasteiger partial charge in [0.15, 0.2) is 0 Å². The number of carbonyl (C=O) groups excluding carboxylic acids is 1. The number of aromatic amines is 1. The van der Waals surface area contributed by atoms with Crippen LogP contribution in [0.25, 0.3) is 0 Å². The van der Waals surface area contributed by atoms with Crippen LogP contribution < -0.4 is 0 Å². The molecule has 1 aromatic carbocycles. The molecule has 6 nitrogen and oxygen atoms in total. The molecule has 1 amide bonds. The van der Waals surface area contributed by atoms with Crippen molar-refractivity contribution >= 4 is 5.91 Å². The molecule has 110 valence electrons. The summed E-state index contributed by atoms with van der Waals surface area (Å²) in [6.45, 7) is 4.16. The highest BCUT2D eigenvalue weighted by atomic mass is 16.2. The number of nitrogens with one attached hydrogen (secondary N) is 1. The second kappa shape index (κ2) is 5.65. The Balaban J connectivity index is 1.89. The summed E-state index contributed by atoms with van der Waals surface area (Å²) in [6.07, 6.45) is 0. The molecule has 0 radical (unpaired) electrons. The Kier molecular flexibility index (Phi) is 3.70. The maximum Gasteiger partial charge on any atom is 0.294 e. The van der Waals surface area contributed by atoms with Crippen molar-refractivity contribution in [3.05, 3.63) is 47.5 Å². The van der Waals surface area contributed by atoms with E-state index in [9.17, 15) is 4.79 Å². The number of carbonyl (C=O) groups is 1. The van der Waals surface area contributed by atoms with Crippen LogP contribution in [0.2, 0.25) is 0 Å². The van der Waals surface area contributed by atoms with E-state index < -0.39 is 0 Å². The lowest BCUT2D eigenvalue weighted by Crippen LogP contribution is -2.49. The Hall–Kier alpha value is -2.21. The van der Waals surface area contributed by atoms with E-state index >= 15 is 0 Å². The Labute approximate surface area is 123 Å². The van der Waals surface area contributed by atoms with Crippen LogP contribution in [-0.2, 0) is 0 Å². The number of amides is 1. The van der Waals surface area contributed by atoms with Crippen LogP contribution in [-0.4, -0.2) is 57.6 Å².